The van der Waals surface area contributed by atoms with E-state index < -0.39 is 5.60 Å². The monoisotopic (exact) mass is 347 g/mol. The maximum atomic E-state index is 11.6. The summed E-state index contributed by atoms with van der Waals surface area (Å²) in [4.78, 5) is 2.16. The maximum absolute atomic E-state index is 11.6. The van der Waals surface area contributed by atoms with Gasteiger partial charge in [-0.1, -0.05) is 45.2 Å². The summed E-state index contributed by atoms with van der Waals surface area (Å²) < 4.78 is 5.84. The van der Waals surface area contributed by atoms with E-state index in [0.29, 0.717) is 11.8 Å². The van der Waals surface area contributed by atoms with Gasteiger partial charge in [-0.3, -0.25) is 0 Å². The highest BCUT2D eigenvalue weighted by Crippen LogP contribution is 2.42. The van der Waals surface area contributed by atoms with Gasteiger partial charge in [-0.05, 0) is 69.3 Å². The van der Waals surface area contributed by atoms with E-state index in [1.807, 2.05) is 12.1 Å². The predicted molar refractivity (Wildman–Crippen MR) is 105 cm³/mol. The van der Waals surface area contributed by atoms with Crippen molar-refractivity contribution in [1.29, 1.82) is 0 Å². The molecule has 25 heavy (non-hydrogen) atoms. The number of nitrogens with zero attached hydrogens (tertiary/aromatic N) is 1. The van der Waals surface area contributed by atoms with Crippen molar-refractivity contribution < 1.29 is 9.84 Å². The molecule has 0 bridgehead atoms. The second-order valence-electron chi connectivity index (χ2n) is 8.37. The molecular weight excluding hydrogens is 310 g/mol. The number of ether oxygens (including phenoxy) is 1. The van der Waals surface area contributed by atoms with Crippen molar-refractivity contribution in [3.63, 3.8) is 0 Å². The van der Waals surface area contributed by atoms with Gasteiger partial charge in [0.15, 0.2) is 0 Å². The first-order chi connectivity index (χ1) is 11.9. The SMILES string of the molecule is CC(C)CCOc1ccc(C(O)(CCN(C)C)C2CCCCC2)cc1. The highest BCUT2D eigenvalue weighted by atomic mass is 16.5. The minimum atomic E-state index is -0.721. The molecule has 3 nitrogen and oxygen atoms in total. The Morgan fingerprint density at radius 3 is 2.32 bits per heavy atom. The first-order valence-electron chi connectivity index (χ1n) is 10.0. The van der Waals surface area contributed by atoms with Crippen LogP contribution in [0.1, 0.15) is 64.4 Å². The Bertz CT molecular complexity index is 491. The van der Waals surface area contributed by atoms with Crippen LogP contribution in [0.2, 0.25) is 0 Å². The number of aliphatic hydroxyl groups is 1. The van der Waals surface area contributed by atoms with Gasteiger partial charge in [0.05, 0.1) is 12.2 Å². The zero-order valence-electron chi connectivity index (χ0n) is 16.6. The lowest BCUT2D eigenvalue weighted by atomic mass is 9.71. The van der Waals surface area contributed by atoms with Crippen molar-refractivity contribution in [2.24, 2.45) is 11.8 Å². The lowest BCUT2D eigenvalue weighted by molar-refractivity contribution is -0.0500. The average molecular weight is 348 g/mol. The van der Waals surface area contributed by atoms with Crippen molar-refractivity contribution in [2.45, 2.75) is 64.4 Å². The second kappa shape index (κ2) is 9.59. The Balaban J connectivity index is 2.10. The van der Waals surface area contributed by atoms with E-state index in [9.17, 15) is 5.11 Å². The standard InChI is InChI=1S/C22H37NO2/c1-18(2)14-17-25-21-12-10-20(11-13-21)22(24,15-16-23(3)4)19-8-6-5-7-9-19/h10-13,18-19,24H,5-9,14-17H2,1-4H3. The summed E-state index contributed by atoms with van der Waals surface area (Å²) in [6.45, 7) is 6.08. The van der Waals surface area contributed by atoms with E-state index in [2.05, 4.69) is 45.0 Å². The van der Waals surface area contributed by atoms with Gasteiger partial charge in [-0.2, -0.15) is 0 Å². The topological polar surface area (TPSA) is 32.7 Å². The summed E-state index contributed by atoms with van der Waals surface area (Å²) >= 11 is 0. The number of rotatable bonds is 9. The maximum Gasteiger partial charge on any atom is 0.119 e. The van der Waals surface area contributed by atoms with Crippen molar-refractivity contribution >= 4 is 0 Å². The molecule has 0 amide bonds. The fourth-order valence-electron chi connectivity index (χ4n) is 3.81. The molecule has 0 spiro atoms. The zero-order valence-corrected chi connectivity index (χ0v) is 16.6. The van der Waals surface area contributed by atoms with Crippen LogP contribution in [0.3, 0.4) is 0 Å². The Morgan fingerprint density at radius 1 is 1.12 bits per heavy atom. The third-order valence-electron chi connectivity index (χ3n) is 5.54. The lowest BCUT2D eigenvalue weighted by Gasteiger charge is -2.40. The number of benzene rings is 1. The molecule has 0 saturated heterocycles. The lowest BCUT2D eigenvalue weighted by Crippen LogP contribution is -2.39. The van der Waals surface area contributed by atoms with Crippen molar-refractivity contribution in [3.05, 3.63) is 29.8 Å². The van der Waals surface area contributed by atoms with E-state index in [0.717, 1.165) is 50.1 Å². The van der Waals surface area contributed by atoms with Gasteiger partial charge in [-0.25, -0.2) is 0 Å². The summed E-state index contributed by atoms with van der Waals surface area (Å²) in [6.07, 6.45) is 7.92. The molecule has 1 atom stereocenters. The van der Waals surface area contributed by atoms with Crippen LogP contribution in [0.4, 0.5) is 0 Å². The highest BCUT2D eigenvalue weighted by Gasteiger charge is 2.38. The van der Waals surface area contributed by atoms with Gasteiger partial charge >= 0.3 is 0 Å². The largest absolute Gasteiger partial charge is 0.494 e. The van der Waals surface area contributed by atoms with Crippen molar-refractivity contribution in [2.75, 3.05) is 27.2 Å². The van der Waals surface area contributed by atoms with Crippen LogP contribution in [0, 0.1) is 11.8 Å². The van der Waals surface area contributed by atoms with E-state index in [1.165, 1.54) is 19.3 Å². The Labute approximate surface area is 154 Å². The van der Waals surface area contributed by atoms with Crippen LogP contribution in [0.5, 0.6) is 5.75 Å². The average Bonchev–Trinajstić information content (AvgIpc) is 2.60. The first kappa shape index (κ1) is 20.3. The first-order valence-corrected chi connectivity index (χ1v) is 10.0. The number of hydrogen-bond donors (Lipinski definition) is 1. The van der Waals surface area contributed by atoms with E-state index in [-0.39, 0.29) is 0 Å². The zero-order chi connectivity index (χ0) is 18.3. The summed E-state index contributed by atoms with van der Waals surface area (Å²) in [5.74, 6) is 1.93. The van der Waals surface area contributed by atoms with Gasteiger partial charge in [0.1, 0.15) is 5.75 Å². The van der Waals surface area contributed by atoms with Gasteiger partial charge in [0, 0.05) is 6.54 Å². The molecule has 0 radical (unpaired) electrons. The van der Waals surface area contributed by atoms with Crippen molar-refractivity contribution in [3.8, 4) is 5.75 Å². The van der Waals surface area contributed by atoms with Crippen molar-refractivity contribution in [1.82, 2.24) is 4.90 Å². The molecule has 3 heteroatoms. The molecule has 1 aliphatic rings. The normalized spacial score (nSPS) is 18.5. The minimum Gasteiger partial charge on any atom is -0.494 e. The molecule has 1 unspecified atom stereocenters. The molecular formula is C22H37NO2. The molecule has 1 aromatic carbocycles. The minimum absolute atomic E-state index is 0.369. The highest BCUT2D eigenvalue weighted by molar-refractivity contribution is 5.31. The molecule has 2 rings (SSSR count). The van der Waals surface area contributed by atoms with Gasteiger partial charge < -0.3 is 14.7 Å². The van der Waals surface area contributed by atoms with Crippen LogP contribution in [0.25, 0.3) is 0 Å². The van der Waals surface area contributed by atoms with E-state index in [4.69, 9.17) is 4.74 Å². The van der Waals surface area contributed by atoms with Crippen LogP contribution < -0.4 is 4.74 Å². The fourth-order valence-corrected chi connectivity index (χ4v) is 3.81. The summed E-state index contributed by atoms with van der Waals surface area (Å²) in [6, 6.07) is 8.21. The van der Waals surface area contributed by atoms with Crippen LogP contribution in [-0.4, -0.2) is 37.3 Å². The van der Waals surface area contributed by atoms with Crippen LogP contribution in [0.15, 0.2) is 24.3 Å². The van der Waals surface area contributed by atoms with E-state index in [1.54, 1.807) is 0 Å². The fraction of sp³-hybridized carbons (Fsp3) is 0.727. The summed E-state index contributed by atoms with van der Waals surface area (Å²) in [7, 11) is 4.15. The Kier molecular flexibility index (Phi) is 7.77. The number of hydrogen-bond acceptors (Lipinski definition) is 3. The van der Waals surface area contributed by atoms with E-state index >= 15 is 0 Å². The Hall–Kier alpha value is -1.06. The molecule has 0 aromatic heterocycles. The molecule has 1 saturated carbocycles. The summed E-state index contributed by atoms with van der Waals surface area (Å²) in [5, 5.41) is 11.6. The van der Waals surface area contributed by atoms with Gasteiger partial charge in [-0.15, -0.1) is 0 Å². The molecule has 0 heterocycles. The molecule has 1 fully saturated rings. The quantitative estimate of drug-likeness (QED) is 0.694. The smallest absolute Gasteiger partial charge is 0.119 e. The molecule has 142 valence electrons. The van der Waals surface area contributed by atoms with Gasteiger partial charge in [0.25, 0.3) is 0 Å². The molecule has 0 aliphatic heterocycles. The predicted octanol–water partition coefficient (Wildman–Crippen LogP) is 4.83. The second-order valence-corrected chi connectivity index (χ2v) is 8.37. The molecule has 1 aromatic rings. The molecule has 1 N–H and O–H groups in total. The third-order valence-corrected chi connectivity index (χ3v) is 5.54. The van der Waals surface area contributed by atoms with Gasteiger partial charge in [0.2, 0.25) is 0 Å². The molecule has 1 aliphatic carbocycles. The van der Waals surface area contributed by atoms with Crippen LogP contribution in [-0.2, 0) is 5.60 Å². The summed E-state index contributed by atoms with van der Waals surface area (Å²) in [5.41, 5.74) is 0.332. The third kappa shape index (κ3) is 6.00. The van der Waals surface area contributed by atoms with Crippen LogP contribution >= 0.6 is 0 Å². The Morgan fingerprint density at radius 2 is 1.76 bits per heavy atom.